The minimum absolute atomic E-state index is 0.0313. The number of nitrogens with one attached hydrogen (secondary N) is 1. The molecule has 2 atom stereocenters. The Labute approximate surface area is 156 Å². The molecule has 0 saturated carbocycles. The Morgan fingerprint density at radius 1 is 1.15 bits per heavy atom. The molecule has 134 valence electrons. The number of anilines is 2. The second kappa shape index (κ2) is 6.32. The average Bonchev–Trinajstić information content (AvgIpc) is 3.13. The molecule has 2 amide bonds. The fraction of sp³-hybridized carbons (Fsp3) is 0.300. The molecule has 2 aliphatic rings. The largest absolute Gasteiger partial charge is 0.480 e. The third-order valence-electron chi connectivity index (χ3n) is 4.89. The van der Waals surface area contributed by atoms with Gasteiger partial charge in [0, 0.05) is 35.8 Å². The van der Waals surface area contributed by atoms with Gasteiger partial charge in [0.15, 0.2) is 6.10 Å². The molecule has 0 bridgehead atoms. The minimum atomic E-state index is -0.565. The molecular formula is C20H19ClN2O3. The highest BCUT2D eigenvalue weighted by Gasteiger charge is 2.31. The minimum Gasteiger partial charge on any atom is -0.480 e. The Hall–Kier alpha value is -2.53. The van der Waals surface area contributed by atoms with Gasteiger partial charge in [-0.2, -0.15) is 0 Å². The SMILES string of the molecule is CC(=O)N1c2ccc(NC(=O)C3Cc4cc(Cl)ccc4O3)cc2CC1C. The van der Waals surface area contributed by atoms with Gasteiger partial charge in [-0.3, -0.25) is 9.59 Å². The maximum absolute atomic E-state index is 12.6. The van der Waals surface area contributed by atoms with E-state index in [2.05, 4.69) is 5.32 Å². The van der Waals surface area contributed by atoms with E-state index in [0.717, 1.165) is 23.2 Å². The van der Waals surface area contributed by atoms with E-state index in [9.17, 15) is 9.59 Å². The Kier molecular flexibility index (Phi) is 4.11. The number of rotatable bonds is 2. The van der Waals surface area contributed by atoms with Gasteiger partial charge in [-0.05, 0) is 60.9 Å². The second-order valence-electron chi connectivity index (χ2n) is 6.84. The van der Waals surface area contributed by atoms with Crippen LogP contribution in [0.3, 0.4) is 0 Å². The number of nitrogens with zero attached hydrogens (tertiary/aromatic N) is 1. The van der Waals surface area contributed by atoms with Crippen LogP contribution in [0.4, 0.5) is 11.4 Å². The lowest BCUT2D eigenvalue weighted by Crippen LogP contribution is -2.33. The number of benzene rings is 2. The number of carbonyl (C=O) groups is 2. The van der Waals surface area contributed by atoms with Crippen LogP contribution in [0.5, 0.6) is 5.75 Å². The third-order valence-corrected chi connectivity index (χ3v) is 5.13. The van der Waals surface area contributed by atoms with Crippen molar-refractivity contribution in [2.24, 2.45) is 0 Å². The van der Waals surface area contributed by atoms with Crippen molar-refractivity contribution in [1.82, 2.24) is 0 Å². The van der Waals surface area contributed by atoms with Crippen LogP contribution in [-0.2, 0) is 22.4 Å². The van der Waals surface area contributed by atoms with E-state index >= 15 is 0 Å². The first kappa shape index (κ1) is 16.9. The highest BCUT2D eigenvalue weighted by atomic mass is 35.5. The van der Waals surface area contributed by atoms with Crippen LogP contribution in [0.1, 0.15) is 25.0 Å². The smallest absolute Gasteiger partial charge is 0.265 e. The second-order valence-corrected chi connectivity index (χ2v) is 7.27. The Bertz CT molecular complexity index is 912. The number of ether oxygens (including phenoxy) is 1. The number of halogens is 1. The van der Waals surface area contributed by atoms with Gasteiger partial charge in [-0.15, -0.1) is 0 Å². The molecule has 4 rings (SSSR count). The number of hydrogen-bond acceptors (Lipinski definition) is 3. The maximum atomic E-state index is 12.6. The fourth-order valence-electron chi connectivity index (χ4n) is 3.77. The zero-order chi connectivity index (χ0) is 18.4. The first-order valence-corrected chi connectivity index (χ1v) is 8.99. The standard InChI is InChI=1S/C20H19ClN2O3/c1-11-7-13-9-16(4-5-17(13)23(11)12(2)24)22-20(25)19-10-14-8-15(21)3-6-18(14)26-19/h3-6,8-9,11,19H,7,10H2,1-2H3,(H,22,25). The summed E-state index contributed by atoms with van der Waals surface area (Å²) in [5.41, 5.74) is 3.64. The Morgan fingerprint density at radius 2 is 1.96 bits per heavy atom. The molecule has 0 saturated heterocycles. The van der Waals surface area contributed by atoms with Gasteiger partial charge >= 0.3 is 0 Å². The zero-order valence-corrected chi connectivity index (χ0v) is 15.3. The molecule has 0 radical (unpaired) electrons. The molecule has 2 unspecified atom stereocenters. The number of hydrogen-bond donors (Lipinski definition) is 1. The first-order chi connectivity index (χ1) is 12.4. The van der Waals surface area contributed by atoms with Gasteiger partial charge in [-0.1, -0.05) is 11.6 Å². The number of carbonyl (C=O) groups excluding carboxylic acids is 2. The first-order valence-electron chi connectivity index (χ1n) is 8.61. The molecule has 0 aromatic heterocycles. The van der Waals surface area contributed by atoms with E-state index in [1.165, 1.54) is 0 Å². The molecule has 0 spiro atoms. The Morgan fingerprint density at radius 3 is 2.73 bits per heavy atom. The highest BCUT2D eigenvalue weighted by molar-refractivity contribution is 6.30. The molecule has 6 heteroatoms. The van der Waals surface area contributed by atoms with Crippen LogP contribution in [0.25, 0.3) is 0 Å². The van der Waals surface area contributed by atoms with Gasteiger partial charge in [0.2, 0.25) is 5.91 Å². The molecule has 2 heterocycles. The highest BCUT2D eigenvalue weighted by Crippen LogP contribution is 2.35. The lowest BCUT2D eigenvalue weighted by Gasteiger charge is -2.20. The summed E-state index contributed by atoms with van der Waals surface area (Å²) < 4.78 is 5.73. The topological polar surface area (TPSA) is 58.6 Å². The van der Waals surface area contributed by atoms with Crippen molar-refractivity contribution in [2.75, 3.05) is 10.2 Å². The van der Waals surface area contributed by atoms with Crippen LogP contribution in [0.2, 0.25) is 5.02 Å². The van der Waals surface area contributed by atoms with Crippen molar-refractivity contribution in [3.63, 3.8) is 0 Å². The lowest BCUT2D eigenvalue weighted by atomic mass is 10.1. The monoisotopic (exact) mass is 370 g/mol. The molecule has 0 fully saturated rings. The summed E-state index contributed by atoms with van der Waals surface area (Å²) in [6.07, 6.45) is 0.717. The Balaban J connectivity index is 1.48. The van der Waals surface area contributed by atoms with Crippen LogP contribution in [0, 0.1) is 0 Å². The van der Waals surface area contributed by atoms with E-state index in [1.807, 2.05) is 31.2 Å². The molecule has 26 heavy (non-hydrogen) atoms. The van der Waals surface area contributed by atoms with Crippen LogP contribution in [0.15, 0.2) is 36.4 Å². The maximum Gasteiger partial charge on any atom is 0.265 e. The van der Waals surface area contributed by atoms with E-state index < -0.39 is 6.10 Å². The summed E-state index contributed by atoms with van der Waals surface area (Å²) in [4.78, 5) is 26.2. The quantitative estimate of drug-likeness (QED) is 0.879. The van der Waals surface area contributed by atoms with Crippen molar-refractivity contribution < 1.29 is 14.3 Å². The van der Waals surface area contributed by atoms with Crippen molar-refractivity contribution >= 4 is 34.8 Å². The van der Waals surface area contributed by atoms with E-state index in [1.54, 1.807) is 24.0 Å². The van der Waals surface area contributed by atoms with Crippen LogP contribution >= 0.6 is 11.6 Å². The molecule has 2 aliphatic heterocycles. The predicted molar refractivity (Wildman–Crippen MR) is 101 cm³/mol. The molecular weight excluding hydrogens is 352 g/mol. The van der Waals surface area contributed by atoms with Crippen molar-refractivity contribution in [3.05, 3.63) is 52.5 Å². The zero-order valence-electron chi connectivity index (χ0n) is 14.6. The van der Waals surface area contributed by atoms with Gasteiger partial charge in [0.05, 0.1) is 0 Å². The van der Waals surface area contributed by atoms with Gasteiger partial charge < -0.3 is 15.0 Å². The van der Waals surface area contributed by atoms with Gasteiger partial charge in [0.1, 0.15) is 5.75 Å². The van der Waals surface area contributed by atoms with Crippen molar-refractivity contribution in [3.8, 4) is 5.75 Å². The summed E-state index contributed by atoms with van der Waals surface area (Å²) in [7, 11) is 0. The summed E-state index contributed by atoms with van der Waals surface area (Å²) in [6, 6.07) is 11.2. The van der Waals surface area contributed by atoms with Crippen molar-refractivity contribution in [1.29, 1.82) is 0 Å². The molecule has 0 aliphatic carbocycles. The average molecular weight is 371 g/mol. The summed E-state index contributed by atoms with van der Waals surface area (Å²) >= 11 is 6.00. The molecule has 1 N–H and O–H groups in total. The van der Waals surface area contributed by atoms with Gasteiger partial charge in [-0.25, -0.2) is 0 Å². The van der Waals surface area contributed by atoms with Crippen LogP contribution in [-0.4, -0.2) is 24.0 Å². The van der Waals surface area contributed by atoms with Crippen molar-refractivity contribution in [2.45, 2.75) is 38.8 Å². The third kappa shape index (κ3) is 2.92. The number of amides is 2. The molecule has 2 aromatic rings. The molecule has 5 nitrogen and oxygen atoms in total. The van der Waals surface area contributed by atoms with Gasteiger partial charge in [0.25, 0.3) is 5.91 Å². The predicted octanol–water partition coefficient (Wildman–Crippen LogP) is 3.58. The number of fused-ring (bicyclic) bond motifs is 2. The summed E-state index contributed by atoms with van der Waals surface area (Å²) in [5, 5.41) is 3.56. The van der Waals surface area contributed by atoms with E-state index in [-0.39, 0.29) is 17.9 Å². The van der Waals surface area contributed by atoms with E-state index in [4.69, 9.17) is 16.3 Å². The van der Waals surface area contributed by atoms with Crippen LogP contribution < -0.4 is 15.0 Å². The van der Waals surface area contributed by atoms with E-state index in [0.29, 0.717) is 22.9 Å². The summed E-state index contributed by atoms with van der Waals surface area (Å²) in [6.45, 7) is 3.59. The lowest BCUT2D eigenvalue weighted by molar-refractivity contribution is -0.122. The summed E-state index contributed by atoms with van der Waals surface area (Å²) in [5.74, 6) is 0.546. The normalized spacial score (nSPS) is 20.3. The fourth-order valence-corrected chi connectivity index (χ4v) is 3.97. The molecule has 2 aromatic carbocycles.